The average molecular weight is 565 g/mol. The highest BCUT2D eigenvalue weighted by Gasteiger charge is 2.49. The average Bonchev–Trinajstić information content (AvgIpc) is 3.26. The van der Waals surface area contributed by atoms with Crippen LogP contribution in [0.3, 0.4) is 0 Å². The number of ether oxygens (including phenoxy) is 1. The van der Waals surface area contributed by atoms with Gasteiger partial charge >= 0.3 is 0 Å². The molecule has 0 spiro atoms. The summed E-state index contributed by atoms with van der Waals surface area (Å²) >= 11 is 0. The van der Waals surface area contributed by atoms with Gasteiger partial charge in [0.15, 0.2) is 11.6 Å². The number of benzene rings is 2. The third kappa shape index (κ3) is 4.96. The Bertz CT molecular complexity index is 1610. The topological polar surface area (TPSA) is 51.5 Å². The molecule has 0 amide bonds. The van der Waals surface area contributed by atoms with E-state index in [9.17, 15) is 9.59 Å². The van der Waals surface area contributed by atoms with Crippen molar-refractivity contribution >= 4 is 22.5 Å². The van der Waals surface area contributed by atoms with E-state index < -0.39 is 0 Å². The Morgan fingerprint density at radius 3 is 2.05 bits per heavy atom. The summed E-state index contributed by atoms with van der Waals surface area (Å²) in [7, 11) is 1.72. The van der Waals surface area contributed by atoms with Crippen molar-refractivity contribution in [2.24, 2.45) is 10.8 Å². The highest BCUT2D eigenvalue weighted by atomic mass is 16.5. The van der Waals surface area contributed by atoms with Crippen LogP contribution < -0.4 is 0 Å². The Morgan fingerprint density at radius 1 is 0.833 bits per heavy atom. The molecular weight excluding hydrogens is 520 g/mol. The third-order valence-corrected chi connectivity index (χ3v) is 9.60. The van der Waals surface area contributed by atoms with Crippen LogP contribution in [0.25, 0.3) is 10.9 Å². The number of allylic oxidation sites excluding steroid dienone is 4. The second-order valence-corrected chi connectivity index (χ2v) is 14.3. The fraction of sp³-hybridized carbons (Fsp3) is 0.459. The van der Waals surface area contributed by atoms with Crippen molar-refractivity contribution in [1.82, 2.24) is 9.47 Å². The summed E-state index contributed by atoms with van der Waals surface area (Å²) in [6.07, 6.45) is 4.82. The fourth-order valence-corrected chi connectivity index (χ4v) is 7.55. The van der Waals surface area contributed by atoms with Crippen LogP contribution in [0.1, 0.15) is 81.5 Å². The van der Waals surface area contributed by atoms with Crippen LogP contribution in [0.4, 0.5) is 0 Å². The molecule has 0 radical (unpaired) electrons. The molecule has 0 N–H and O–H groups in total. The van der Waals surface area contributed by atoms with Gasteiger partial charge in [-0.25, -0.2) is 0 Å². The summed E-state index contributed by atoms with van der Waals surface area (Å²) in [6, 6.07) is 15.1. The van der Waals surface area contributed by atoms with Gasteiger partial charge < -0.3 is 14.2 Å². The van der Waals surface area contributed by atoms with Crippen LogP contribution in [-0.2, 0) is 20.9 Å². The number of methoxy groups -OCH3 is 1. The Kier molecular flexibility index (Phi) is 7.08. The number of Topliss-reactive ketones (excluding diaryl/α,β-unsaturated/α-hetero) is 2. The van der Waals surface area contributed by atoms with Gasteiger partial charge in [-0.05, 0) is 65.8 Å². The SMILES string of the molecule is COCCN1C2=C(C(=O)CC(C)(C)C2)C(c2cn(Cc3ccc(C)c(C)c3)c3ccccc23)C2=C1CC(C)(C)CC2=O. The number of hydrogen-bond donors (Lipinski definition) is 0. The van der Waals surface area contributed by atoms with E-state index in [4.69, 9.17) is 4.74 Å². The van der Waals surface area contributed by atoms with Gasteiger partial charge in [-0.15, -0.1) is 0 Å². The van der Waals surface area contributed by atoms with Crippen LogP contribution in [0.5, 0.6) is 0 Å². The van der Waals surface area contributed by atoms with Crippen LogP contribution in [-0.4, -0.2) is 41.3 Å². The van der Waals surface area contributed by atoms with Crippen molar-refractivity contribution < 1.29 is 14.3 Å². The van der Waals surface area contributed by atoms with E-state index >= 15 is 0 Å². The molecule has 3 aliphatic rings. The molecule has 0 saturated heterocycles. The molecule has 0 atom stereocenters. The molecule has 220 valence electrons. The van der Waals surface area contributed by atoms with Crippen molar-refractivity contribution in [3.8, 4) is 0 Å². The molecular formula is C37H44N2O3. The third-order valence-electron chi connectivity index (χ3n) is 9.60. The smallest absolute Gasteiger partial charge is 0.162 e. The number of aromatic nitrogens is 1. The monoisotopic (exact) mass is 564 g/mol. The molecule has 0 saturated carbocycles. The quantitative estimate of drug-likeness (QED) is 0.309. The molecule has 6 rings (SSSR count). The lowest BCUT2D eigenvalue weighted by molar-refractivity contribution is -0.119. The van der Waals surface area contributed by atoms with Gasteiger partial charge in [-0.3, -0.25) is 9.59 Å². The van der Waals surface area contributed by atoms with Gasteiger partial charge in [0.1, 0.15) is 0 Å². The lowest BCUT2D eigenvalue weighted by Gasteiger charge is -2.49. The summed E-state index contributed by atoms with van der Waals surface area (Å²) in [5.74, 6) is -0.0143. The zero-order valence-corrected chi connectivity index (χ0v) is 26.3. The molecule has 2 heterocycles. The van der Waals surface area contributed by atoms with Crippen LogP contribution in [0, 0.1) is 24.7 Å². The van der Waals surface area contributed by atoms with Crippen molar-refractivity contribution in [1.29, 1.82) is 0 Å². The standard InChI is InChI=1S/C37H44N2O3/c1-23-12-13-25(16-24(23)2)21-38-22-27(26-10-8-9-11-28(26)38)33-34-29(17-36(3,4)19-31(34)40)39(14-15-42-7)30-18-37(5,6)20-32(41)35(30)33/h8-13,16,22,33H,14-15,17-21H2,1-7H3. The first-order valence-corrected chi connectivity index (χ1v) is 15.3. The van der Waals surface area contributed by atoms with Gasteiger partial charge in [0, 0.05) is 78.6 Å². The number of para-hydroxylation sites is 1. The molecule has 1 aliphatic heterocycles. The van der Waals surface area contributed by atoms with Crippen LogP contribution in [0.2, 0.25) is 0 Å². The number of ketones is 2. The predicted molar refractivity (Wildman–Crippen MR) is 168 cm³/mol. The number of nitrogens with zero attached hydrogens (tertiary/aromatic N) is 2. The number of hydrogen-bond acceptors (Lipinski definition) is 4. The number of carbonyl (C=O) groups excluding carboxylic acids is 2. The summed E-state index contributed by atoms with van der Waals surface area (Å²) in [4.78, 5) is 30.7. The van der Waals surface area contributed by atoms with Crippen LogP contribution >= 0.6 is 0 Å². The lowest BCUT2D eigenvalue weighted by atomic mass is 9.63. The summed E-state index contributed by atoms with van der Waals surface area (Å²) < 4.78 is 7.85. The Labute approximate surface area is 250 Å². The Morgan fingerprint density at radius 2 is 1.45 bits per heavy atom. The molecule has 2 aliphatic carbocycles. The van der Waals surface area contributed by atoms with Crippen molar-refractivity contribution in [2.75, 3.05) is 20.3 Å². The van der Waals surface area contributed by atoms with Gasteiger partial charge in [-0.2, -0.15) is 0 Å². The van der Waals surface area contributed by atoms with E-state index in [1.165, 1.54) is 16.7 Å². The van der Waals surface area contributed by atoms with Gasteiger partial charge in [0.05, 0.1) is 6.61 Å². The minimum absolute atomic E-state index is 0.144. The lowest BCUT2D eigenvalue weighted by Crippen LogP contribution is -2.45. The highest BCUT2D eigenvalue weighted by Crippen LogP contribution is 2.55. The number of fused-ring (bicyclic) bond motifs is 1. The zero-order valence-electron chi connectivity index (χ0n) is 26.3. The van der Waals surface area contributed by atoms with E-state index in [1.54, 1.807) is 7.11 Å². The molecule has 5 heteroatoms. The molecule has 1 aromatic heterocycles. The first kappa shape index (κ1) is 28.7. The maximum atomic E-state index is 14.2. The van der Waals surface area contributed by atoms with E-state index in [0.717, 1.165) is 58.4 Å². The maximum absolute atomic E-state index is 14.2. The van der Waals surface area contributed by atoms with Crippen molar-refractivity contribution in [2.45, 2.75) is 79.7 Å². The van der Waals surface area contributed by atoms with Gasteiger partial charge in [0.2, 0.25) is 0 Å². The van der Waals surface area contributed by atoms with E-state index in [1.807, 2.05) is 0 Å². The molecule has 42 heavy (non-hydrogen) atoms. The van der Waals surface area contributed by atoms with Crippen molar-refractivity contribution in [3.05, 3.63) is 93.5 Å². The first-order chi connectivity index (χ1) is 19.9. The van der Waals surface area contributed by atoms with Crippen molar-refractivity contribution in [3.63, 3.8) is 0 Å². The maximum Gasteiger partial charge on any atom is 0.162 e. The summed E-state index contributed by atoms with van der Waals surface area (Å²) in [5, 5.41) is 1.12. The Balaban J connectivity index is 1.59. The van der Waals surface area contributed by atoms with Gasteiger partial charge in [0.25, 0.3) is 0 Å². The molecule has 2 aromatic carbocycles. The minimum atomic E-state index is -0.355. The van der Waals surface area contributed by atoms with Gasteiger partial charge in [-0.1, -0.05) is 64.1 Å². The minimum Gasteiger partial charge on any atom is -0.383 e. The summed E-state index contributed by atoms with van der Waals surface area (Å²) in [5.41, 5.74) is 9.55. The van der Waals surface area contributed by atoms with E-state index in [0.29, 0.717) is 26.0 Å². The predicted octanol–water partition coefficient (Wildman–Crippen LogP) is 7.64. The number of rotatable bonds is 6. The fourth-order valence-electron chi connectivity index (χ4n) is 7.55. The largest absolute Gasteiger partial charge is 0.383 e. The zero-order chi connectivity index (χ0) is 30.0. The first-order valence-electron chi connectivity index (χ1n) is 15.3. The van der Waals surface area contributed by atoms with E-state index in [2.05, 4.69) is 99.7 Å². The Hall–Kier alpha value is -3.44. The molecule has 5 nitrogen and oxygen atoms in total. The number of carbonyl (C=O) groups is 2. The molecule has 0 fully saturated rings. The molecule has 0 unspecified atom stereocenters. The second kappa shape index (κ2) is 10.4. The molecule has 0 bridgehead atoms. The highest BCUT2D eigenvalue weighted by molar-refractivity contribution is 6.08. The normalized spacial score (nSPS) is 20.4. The van der Waals surface area contributed by atoms with Crippen LogP contribution in [0.15, 0.2) is 71.2 Å². The number of aryl methyl sites for hydroxylation is 2. The molecule has 3 aromatic rings. The van der Waals surface area contributed by atoms with E-state index in [-0.39, 0.29) is 28.3 Å². The summed E-state index contributed by atoms with van der Waals surface area (Å²) in [6.45, 7) is 15.0. The second-order valence-electron chi connectivity index (χ2n) is 14.3.